The molecule has 2 aromatic rings. The Morgan fingerprint density at radius 1 is 1.05 bits per heavy atom. The molecule has 0 atom stereocenters. The molecule has 0 aromatic heterocycles. The number of ether oxygens (including phenoxy) is 2. The number of fused-ring (bicyclic) bond motifs is 1. The zero-order valence-corrected chi connectivity index (χ0v) is 14.7. The van der Waals surface area contributed by atoms with Crippen molar-refractivity contribution in [2.45, 2.75) is 6.42 Å². The largest absolute Gasteiger partial charge is 0.486 e. The van der Waals surface area contributed by atoms with Crippen molar-refractivity contribution in [1.29, 1.82) is 0 Å². The molecule has 1 aliphatic heterocycles. The number of hydrogen-bond acceptors (Lipinski definition) is 3. The number of benzene rings is 2. The molecule has 0 bridgehead atoms. The van der Waals surface area contributed by atoms with E-state index in [9.17, 15) is 4.79 Å². The third-order valence-electron chi connectivity index (χ3n) is 3.19. The lowest BCUT2D eigenvalue weighted by Crippen LogP contribution is -2.17. The quantitative estimate of drug-likeness (QED) is 0.801. The molecule has 0 fully saturated rings. The minimum atomic E-state index is -0.0836. The SMILES string of the molecule is O=C(Cc1cc2c(cc1Br)OCCO2)Nc1ccc(Br)cc1. The molecule has 0 aliphatic carbocycles. The minimum Gasteiger partial charge on any atom is -0.486 e. The standard InChI is InChI=1S/C16H13Br2NO3/c17-11-1-3-12(4-2-11)19-16(20)8-10-7-14-15(9-13(10)18)22-6-5-21-14/h1-4,7,9H,5-6,8H2,(H,19,20). The first kappa shape index (κ1) is 15.4. The van der Waals surface area contributed by atoms with Crippen LogP contribution in [0.15, 0.2) is 45.3 Å². The zero-order chi connectivity index (χ0) is 15.5. The van der Waals surface area contributed by atoms with E-state index < -0.39 is 0 Å². The summed E-state index contributed by atoms with van der Waals surface area (Å²) < 4.78 is 12.9. The highest BCUT2D eigenvalue weighted by Gasteiger charge is 2.16. The Labute approximate surface area is 145 Å². The Morgan fingerprint density at radius 2 is 1.68 bits per heavy atom. The summed E-state index contributed by atoms with van der Waals surface area (Å²) in [5.74, 6) is 1.30. The van der Waals surface area contributed by atoms with Gasteiger partial charge in [0.05, 0.1) is 6.42 Å². The third-order valence-corrected chi connectivity index (χ3v) is 4.46. The number of carbonyl (C=O) groups excluding carboxylic acids is 1. The highest BCUT2D eigenvalue weighted by Crippen LogP contribution is 2.35. The van der Waals surface area contributed by atoms with Gasteiger partial charge in [0, 0.05) is 14.6 Å². The van der Waals surface area contributed by atoms with E-state index in [1.807, 2.05) is 36.4 Å². The number of halogens is 2. The normalized spacial score (nSPS) is 12.8. The molecule has 2 aromatic carbocycles. The Balaban J connectivity index is 1.72. The number of nitrogens with one attached hydrogen (secondary N) is 1. The van der Waals surface area contributed by atoms with Gasteiger partial charge in [-0.15, -0.1) is 0 Å². The summed E-state index contributed by atoms with van der Waals surface area (Å²) >= 11 is 6.84. The molecule has 0 saturated heterocycles. The van der Waals surface area contributed by atoms with Gasteiger partial charge in [-0.05, 0) is 42.0 Å². The molecule has 22 heavy (non-hydrogen) atoms. The highest BCUT2D eigenvalue weighted by atomic mass is 79.9. The predicted molar refractivity (Wildman–Crippen MR) is 91.6 cm³/mol. The van der Waals surface area contributed by atoms with E-state index in [-0.39, 0.29) is 12.3 Å². The number of anilines is 1. The predicted octanol–water partition coefficient (Wildman–Crippen LogP) is 4.16. The second-order valence-corrected chi connectivity index (χ2v) is 6.59. The van der Waals surface area contributed by atoms with Crippen LogP contribution >= 0.6 is 31.9 Å². The highest BCUT2D eigenvalue weighted by molar-refractivity contribution is 9.10. The van der Waals surface area contributed by atoms with Gasteiger partial charge in [-0.2, -0.15) is 0 Å². The first-order valence-corrected chi connectivity index (χ1v) is 8.34. The van der Waals surface area contributed by atoms with Gasteiger partial charge in [-0.1, -0.05) is 31.9 Å². The fourth-order valence-electron chi connectivity index (χ4n) is 2.15. The molecule has 0 radical (unpaired) electrons. The lowest BCUT2D eigenvalue weighted by Gasteiger charge is -2.19. The maximum atomic E-state index is 12.2. The van der Waals surface area contributed by atoms with Gasteiger partial charge < -0.3 is 14.8 Å². The van der Waals surface area contributed by atoms with Crippen molar-refractivity contribution in [3.63, 3.8) is 0 Å². The molecule has 114 valence electrons. The van der Waals surface area contributed by atoms with Crippen molar-refractivity contribution in [2.24, 2.45) is 0 Å². The zero-order valence-electron chi connectivity index (χ0n) is 11.6. The molecule has 4 nitrogen and oxygen atoms in total. The van der Waals surface area contributed by atoms with Crippen LogP contribution in [0.3, 0.4) is 0 Å². The maximum Gasteiger partial charge on any atom is 0.228 e. The molecule has 1 aliphatic rings. The molecule has 0 spiro atoms. The summed E-state index contributed by atoms with van der Waals surface area (Å²) in [7, 11) is 0. The van der Waals surface area contributed by atoms with Crippen molar-refractivity contribution in [2.75, 3.05) is 18.5 Å². The topological polar surface area (TPSA) is 47.6 Å². The summed E-state index contributed by atoms with van der Waals surface area (Å²) in [5.41, 5.74) is 1.63. The van der Waals surface area contributed by atoms with Gasteiger partial charge in [-0.25, -0.2) is 0 Å². The van der Waals surface area contributed by atoms with E-state index in [0.717, 1.165) is 20.2 Å². The van der Waals surface area contributed by atoms with Crippen molar-refractivity contribution in [1.82, 2.24) is 0 Å². The average molecular weight is 427 g/mol. The molecule has 1 N–H and O–H groups in total. The second kappa shape index (κ2) is 6.71. The van der Waals surface area contributed by atoms with Crippen molar-refractivity contribution >= 4 is 43.5 Å². The maximum absolute atomic E-state index is 12.2. The molecule has 0 saturated carbocycles. The van der Waals surface area contributed by atoms with Gasteiger partial charge >= 0.3 is 0 Å². The van der Waals surface area contributed by atoms with Crippen molar-refractivity contribution in [3.05, 3.63) is 50.9 Å². The van der Waals surface area contributed by atoms with E-state index in [1.165, 1.54) is 0 Å². The van der Waals surface area contributed by atoms with Gasteiger partial charge in [0.25, 0.3) is 0 Å². The number of hydrogen-bond donors (Lipinski definition) is 1. The van der Waals surface area contributed by atoms with Gasteiger partial charge in [-0.3, -0.25) is 4.79 Å². The number of rotatable bonds is 3. The van der Waals surface area contributed by atoms with Crippen molar-refractivity contribution in [3.8, 4) is 11.5 Å². The third kappa shape index (κ3) is 3.62. The Bertz CT molecular complexity index is 701. The van der Waals surface area contributed by atoms with E-state index in [4.69, 9.17) is 9.47 Å². The van der Waals surface area contributed by atoms with Crippen LogP contribution in [0.5, 0.6) is 11.5 Å². The molecule has 3 rings (SSSR count). The average Bonchev–Trinajstić information content (AvgIpc) is 2.50. The van der Waals surface area contributed by atoms with Crippen LogP contribution in [0.1, 0.15) is 5.56 Å². The molecular weight excluding hydrogens is 414 g/mol. The summed E-state index contributed by atoms with van der Waals surface area (Å²) in [4.78, 5) is 12.2. The molecule has 6 heteroatoms. The van der Waals surface area contributed by atoms with Crippen molar-refractivity contribution < 1.29 is 14.3 Å². The Hall–Kier alpha value is -1.53. The summed E-state index contributed by atoms with van der Waals surface area (Å²) in [6.07, 6.45) is 0.257. The Kier molecular flexibility index (Phi) is 4.69. The minimum absolute atomic E-state index is 0.0836. The Morgan fingerprint density at radius 3 is 2.36 bits per heavy atom. The first-order chi connectivity index (χ1) is 10.6. The van der Waals surface area contributed by atoms with Gasteiger partial charge in [0.2, 0.25) is 5.91 Å². The summed E-state index contributed by atoms with van der Waals surface area (Å²) in [6, 6.07) is 11.2. The van der Waals surface area contributed by atoms with E-state index in [2.05, 4.69) is 37.2 Å². The molecular formula is C16H13Br2NO3. The smallest absolute Gasteiger partial charge is 0.228 e. The van der Waals surface area contributed by atoms with E-state index in [1.54, 1.807) is 0 Å². The molecule has 1 heterocycles. The lowest BCUT2D eigenvalue weighted by molar-refractivity contribution is -0.115. The lowest BCUT2D eigenvalue weighted by atomic mass is 10.1. The number of carbonyl (C=O) groups is 1. The van der Waals surface area contributed by atoms with Crippen LogP contribution in [-0.4, -0.2) is 19.1 Å². The molecule has 1 amide bonds. The van der Waals surface area contributed by atoms with Crippen LogP contribution in [-0.2, 0) is 11.2 Å². The van der Waals surface area contributed by atoms with E-state index in [0.29, 0.717) is 24.7 Å². The summed E-state index contributed by atoms with van der Waals surface area (Å²) in [6.45, 7) is 1.07. The second-order valence-electron chi connectivity index (χ2n) is 4.82. The van der Waals surface area contributed by atoms with E-state index >= 15 is 0 Å². The van der Waals surface area contributed by atoms with Crippen LogP contribution in [0, 0.1) is 0 Å². The van der Waals surface area contributed by atoms with Gasteiger partial charge in [0.1, 0.15) is 13.2 Å². The molecule has 0 unspecified atom stereocenters. The summed E-state index contributed by atoms with van der Waals surface area (Å²) in [5, 5.41) is 2.87. The van der Waals surface area contributed by atoms with Crippen LogP contribution in [0.25, 0.3) is 0 Å². The fourth-order valence-corrected chi connectivity index (χ4v) is 2.88. The first-order valence-electron chi connectivity index (χ1n) is 6.75. The van der Waals surface area contributed by atoms with Gasteiger partial charge in [0.15, 0.2) is 11.5 Å². The monoisotopic (exact) mass is 425 g/mol. The van der Waals surface area contributed by atoms with Crippen LogP contribution in [0.4, 0.5) is 5.69 Å². The number of amides is 1. The fraction of sp³-hybridized carbons (Fsp3) is 0.188. The van der Waals surface area contributed by atoms with Crippen LogP contribution < -0.4 is 14.8 Å². The van der Waals surface area contributed by atoms with Crippen LogP contribution in [0.2, 0.25) is 0 Å².